The molecule has 0 unspecified atom stereocenters. The Morgan fingerprint density at radius 3 is 2.56 bits per heavy atom. The van der Waals surface area contributed by atoms with Crippen LogP contribution >= 0.6 is 0 Å². The molecule has 1 saturated heterocycles. The third-order valence-corrected chi connectivity index (χ3v) is 6.21. The maximum Gasteiger partial charge on any atom is 0.408 e. The lowest BCUT2D eigenvalue weighted by atomic mass is 9.85. The molecule has 1 aliphatic carbocycles. The van der Waals surface area contributed by atoms with Gasteiger partial charge in [0.2, 0.25) is 11.6 Å². The van der Waals surface area contributed by atoms with E-state index in [2.05, 4.69) is 15.5 Å². The molecule has 2 fully saturated rings. The zero-order valence-corrected chi connectivity index (χ0v) is 19.1. The van der Waals surface area contributed by atoms with Crippen LogP contribution in [0, 0.1) is 5.92 Å². The fourth-order valence-corrected chi connectivity index (χ4v) is 4.35. The molecule has 2 aliphatic rings. The highest BCUT2D eigenvalue weighted by atomic mass is 16.6. The zero-order valence-electron chi connectivity index (χ0n) is 19.1. The van der Waals surface area contributed by atoms with Crippen molar-refractivity contribution in [2.75, 3.05) is 32.8 Å². The Bertz CT molecular complexity index is 967. The minimum absolute atomic E-state index is 0.137. The van der Waals surface area contributed by atoms with Gasteiger partial charge in [0.15, 0.2) is 6.10 Å². The first-order valence-corrected chi connectivity index (χ1v) is 11.8. The van der Waals surface area contributed by atoms with Crippen molar-refractivity contribution in [1.29, 1.82) is 0 Å². The zero-order chi connectivity index (χ0) is 23.8. The number of amides is 2. The maximum atomic E-state index is 13.1. The van der Waals surface area contributed by atoms with E-state index < -0.39 is 18.0 Å². The normalized spacial score (nSPS) is 17.7. The van der Waals surface area contributed by atoms with Crippen LogP contribution in [0.2, 0.25) is 0 Å². The summed E-state index contributed by atoms with van der Waals surface area (Å²) in [5.41, 5.74) is 0.689. The maximum absolute atomic E-state index is 13.1. The van der Waals surface area contributed by atoms with E-state index in [4.69, 9.17) is 14.0 Å². The summed E-state index contributed by atoms with van der Waals surface area (Å²) in [7, 11) is 0. The van der Waals surface area contributed by atoms with E-state index in [0.29, 0.717) is 44.2 Å². The molecule has 2 aromatic rings. The fraction of sp³-hybridized carbons (Fsp3) is 0.542. The molecule has 4 rings (SSSR count). The molecule has 10 heteroatoms. The van der Waals surface area contributed by atoms with Crippen LogP contribution in [-0.2, 0) is 14.3 Å². The Hall–Kier alpha value is -3.27. The van der Waals surface area contributed by atoms with Gasteiger partial charge in [-0.3, -0.25) is 9.59 Å². The van der Waals surface area contributed by atoms with Crippen LogP contribution in [0.4, 0.5) is 4.79 Å². The number of Topliss-reactive ketones (excluding diaryl/α,β-unsaturated/α-hetero) is 1. The summed E-state index contributed by atoms with van der Waals surface area (Å²) in [6, 6.07) is 9.07. The average molecular weight is 471 g/mol. The molecule has 1 aromatic heterocycles. The first kappa shape index (κ1) is 23.9. The molecular formula is C24H30N4O6. The molecule has 2 heterocycles. The van der Waals surface area contributed by atoms with Crippen LogP contribution in [0.25, 0.3) is 11.5 Å². The van der Waals surface area contributed by atoms with E-state index in [1.165, 1.54) is 6.42 Å². The largest absolute Gasteiger partial charge is 0.436 e. The molecule has 0 spiro atoms. The number of ketones is 1. The molecule has 0 bridgehead atoms. The van der Waals surface area contributed by atoms with Crippen molar-refractivity contribution in [2.24, 2.45) is 5.92 Å². The van der Waals surface area contributed by atoms with Crippen molar-refractivity contribution in [2.45, 2.75) is 44.6 Å². The van der Waals surface area contributed by atoms with Gasteiger partial charge in [-0.05, 0) is 24.5 Å². The lowest BCUT2D eigenvalue weighted by Crippen LogP contribution is -2.48. The van der Waals surface area contributed by atoms with Gasteiger partial charge in [0, 0.05) is 18.7 Å². The van der Waals surface area contributed by atoms with Crippen LogP contribution < -0.4 is 5.32 Å². The van der Waals surface area contributed by atoms with Gasteiger partial charge in [0.1, 0.15) is 0 Å². The first-order valence-electron chi connectivity index (χ1n) is 11.8. The number of morpholine rings is 1. The SMILES string of the molecule is O=C(NCC(=O)c1noc(-c2ccccc2)n1)O[C@@H](CC1CCCCC1)C(=O)N1CCOCC1. The van der Waals surface area contributed by atoms with Gasteiger partial charge in [-0.15, -0.1) is 0 Å². The van der Waals surface area contributed by atoms with Gasteiger partial charge in [0.25, 0.3) is 11.8 Å². The van der Waals surface area contributed by atoms with Gasteiger partial charge in [-0.1, -0.05) is 55.5 Å². The molecule has 1 N–H and O–H groups in total. The van der Waals surface area contributed by atoms with Crippen LogP contribution in [0.1, 0.15) is 49.1 Å². The number of nitrogens with one attached hydrogen (secondary N) is 1. The Morgan fingerprint density at radius 1 is 1.09 bits per heavy atom. The lowest BCUT2D eigenvalue weighted by molar-refractivity contribution is -0.145. The number of nitrogens with zero attached hydrogens (tertiary/aromatic N) is 3. The summed E-state index contributed by atoms with van der Waals surface area (Å²) in [5.74, 6) is -0.307. The molecule has 1 saturated carbocycles. The fourth-order valence-electron chi connectivity index (χ4n) is 4.35. The second-order valence-corrected chi connectivity index (χ2v) is 8.64. The highest BCUT2D eigenvalue weighted by Crippen LogP contribution is 2.28. The monoisotopic (exact) mass is 470 g/mol. The van der Waals surface area contributed by atoms with Crippen LogP contribution in [0.3, 0.4) is 0 Å². The van der Waals surface area contributed by atoms with Crippen molar-refractivity contribution >= 4 is 17.8 Å². The molecule has 1 aromatic carbocycles. The second-order valence-electron chi connectivity index (χ2n) is 8.64. The summed E-state index contributed by atoms with van der Waals surface area (Å²) in [6.07, 6.45) is 4.29. The van der Waals surface area contributed by atoms with Crippen molar-refractivity contribution in [1.82, 2.24) is 20.4 Å². The second kappa shape index (κ2) is 11.7. The van der Waals surface area contributed by atoms with Gasteiger partial charge in [-0.2, -0.15) is 4.98 Å². The van der Waals surface area contributed by atoms with Crippen LogP contribution in [-0.4, -0.2) is 71.8 Å². The quantitative estimate of drug-likeness (QED) is 0.584. The third kappa shape index (κ3) is 6.40. The highest BCUT2D eigenvalue weighted by Gasteiger charge is 2.32. The van der Waals surface area contributed by atoms with Crippen molar-refractivity contribution in [3.63, 3.8) is 0 Å². The number of carbonyl (C=O) groups is 3. The number of aromatic nitrogens is 2. The van der Waals surface area contributed by atoms with Gasteiger partial charge < -0.3 is 24.2 Å². The molecule has 10 nitrogen and oxygen atoms in total. The van der Waals surface area contributed by atoms with Crippen molar-refractivity contribution in [3.05, 3.63) is 36.2 Å². The first-order chi connectivity index (χ1) is 16.6. The standard InChI is InChI=1S/C24H30N4O6/c29-19(21-26-22(34-27-21)18-9-5-2-6-10-18)16-25-24(31)33-20(15-17-7-3-1-4-8-17)23(30)28-11-13-32-14-12-28/h2,5-6,9-10,17,20H,1,3-4,7-8,11-16H2,(H,25,31)/t20-/m0/s1. The number of hydrogen-bond acceptors (Lipinski definition) is 8. The Labute approximate surface area is 198 Å². The van der Waals surface area contributed by atoms with Crippen LogP contribution in [0.15, 0.2) is 34.9 Å². The van der Waals surface area contributed by atoms with E-state index in [0.717, 1.165) is 25.7 Å². The van der Waals surface area contributed by atoms with E-state index in [1.54, 1.807) is 17.0 Å². The highest BCUT2D eigenvalue weighted by molar-refractivity contribution is 5.96. The van der Waals surface area contributed by atoms with E-state index in [1.807, 2.05) is 18.2 Å². The molecule has 2 amide bonds. The van der Waals surface area contributed by atoms with Gasteiger partial charge >= 0.3 is 6.09 Å². The van der Waals surface area contributed by atoms with Gasteiger partial charge in [-0.25, -0.2) is 4.79 Å². The number of benzene rings is 1. The summed E-state index contributed by atoms with van der Waals surface area (Å²) in [5, 5.41) is 6.13. The van der Waals surface area contributed by atoms with Crippen molar-refractivity contribution < 1.29 is 28.4 Å². The predicted octanol–water partition coefficient (Wildman–Crippen LogP) is 2.84. The topological polar surface area (TPSA) is 124 Å². The molecular weight excluding hydrogens is 440 g/mol. The Kier molecular flexibility index (Phi) is 8.24. The van der Waals surface area contributed by atoms with E-state index in [9.17, 15) is 14.4 Å². The van der Waals surface area contributed by atoms with E-state index >= 15 is 0 Å². The number of ether oxygens (including phenoxy) is 2. The average Bonchev–Trinajstić information content (AvgIpc) is 3.39. The Balaban J connectivity index is 1.32. The van der Waals surface area contributed by atoms with Crippen molar-refractivity contribution in [3.8, 4) is 11.5 Å². The lowest BCUT2D eigenvalue weighted by Gasteiger charge is -2.32. The Morgan fingerprint density at radius 2 is 1.82 bits per heavy atom. The summed E-state index contributed by atoms with van der Waals surface area (Å²) < 4.78 is 16.0. The number of hydrogen-bond donors (Lipinski definition) is 1. The molecule has 1 atom stereocenters. The number of alkyl carbamates (subject to hydrolysis) is 1. The summed E-state index contributed by atoms with van der Waals surface area (Å²) in [6.45, 7) is 1.53. The molecule has 1 aliphatic heterocycles. The minimum atomic E-state index is -0.883. The minimum Gasteiger partial charge on any atom is -0.436 e. The molecule has 182 valence electrons. The number of carbonyl (C=O) groups excluding carboxylic acids is 3. The molecule has 34 heavy (non-hydrogen) atoms. The van der Waals surface area contributed by atoms with Gasteiger partial charge in [0.05, 0.1) is 19.8 Å². The summed E-state index contributed by atoms with van der Waals surface area (Å²) >= 11 is 0. The third-order valence-electron chi connectivity index (χ3n) is 6.21. The van der Waals surface area contributed by atoms with E-state index in [-0.39, 0.29) is 24.2 Å². The smallest absolute Gasteiger partial charge is 0.408 e. The molecule has 0 radical (unpaired) electrons. The predicted molar refractivity (Wildman–Crippen MR) is 121 cm³/mol. The van der Waals surface area contributed by atoms with Crippen LogP contribution in [0.5, 0.6) is 0 Å². The number of rotatable bonds is 8. The summed E-state index contributed by atoms with van der Waals surface area (Å²) in [4.78, 5) is 43.8.